The number of amides is 2. The minimum absolute atomic E-state index is 0.00427. The Balaban J connectivity index is 2.21. The van der Waals surface area contributed by atoms with Gasteiger partial charge in [-0.3, -0.25) is 9.59 Å². The normalized spacial score (nSPS) is 12.7. The average Bonchev–Trinajstić information content (AvgIpc) is 2.72. The molecule has 2 atom stereocenters. The van der Waals surface area contributed by atoms with Crippen molar-refractivity contribution in [3.8, 4) is 5.75 Å². The van der Waals surface area contributed by atoms with E-state index in [0.29, 0.717) is 21.4 Å². The lowest BCUT2D eigenvalue weighted by molar-refractivity contribution is -0.142. The van der Waals surface area contributed by atoms with Crippen LogP contribution in [0.25, 0.3) is 0 Å². The molecule has 0 unspecified atom stereocenters. The molecule has 0 bridgehead atoms. The maximum atomic E-state index is 13.0. The molecule has 0 radical (unpaired) electrons. The van der Waals surface area contributed by atoms with Crippen LogP contribution in [0.15, 0.2) is 42.5 Å². The van der Waals surface area contributed by atoms with E-state index in [1.807, 2.05) is 32.9 Å². The van der Waals surface area contributed by atoms with Gasteiger partial charge in [-0.25, -0.2) is 0 Å². The summed E-state index contributed by atoms with van der Waals surface area (Å²) in [6, 6.07) is 11.8. The highest BCUT2D eigenvalue weighted by Crippen LogP contribution is 2.26. The number of hydrogen-bond donors (Lipinski definition) is 1. The first kappa shape index (κ1) is 24.0. The number of hydrogen-bond acceptors (Lipinski definition) is 3. The molecule has 2 aromatic rings. The predicted octanol–water partition coefficient (Wildman–Crippen LogP) is 5.01. The summed E-state index contributed by atoms with van der Waals surface area (Å²) in [5.41, 5.74) is 1.69. The second kappa shape index (κ2) is 11.2. The lowest BCUT2D eigenvalue weighted by atomic mass is 10.1. The second-order valence-corrected chi connectivity index (χ2v) is 8.13. The summed E-state index contributed by atoms with van der Waals surface area (Å²) in [4.78, 5) is 27.2. The largest absolute Gasteiger partial charge is 0.484 e. The average molecular weight is 451 g/mol. The zero-order valence-electron chi connectivity index (χ0n) is 17.7. The van der Waals surface area contributed by atoms with Crippen LogP contribution in [0.2, 0.25) is 10.0 Å². The van der Waals surface area contributed by atoms with Gasteiger partial charge in [-0.15, -0.1) is 0 Å². The van der Waals surface area contributed by atoms with Crippen molar-refractivity contribution in [3.63, 3.8) is 0 Å². The van der Waals surface area contributed by atoms with Crippen LogP contribution in [-0.4, -0.2) is 35.4 Å². The molecule has 0 saturated heterocycles. The smallest absolute Gasteiger partial charge is 0.261 e. The number of halogens is 2. The Kier molecular flexibility index (Phi) is 9.00. The Hall–Kier alpha value is -2.24. The van der Waals surface area contributed by atoms with Crippen molar-refractivity contribution in [2.24, 2.45) is 0 Å². The summed E-state index contributed by atoms with van der Waals surface area (Å²) < 4.78 is 5.65. The van der Waals surface area contributed by atoms with Crippen molar-refractivity contribution in [3.05, 3.63) is 63.6 Å². The Morgan fingerprint density at radius 3 is 2.23 bits per heavy atom. The van der Waals surface area contributed by atoms with E-state index in [1.165, 1.54) is 4.90 Å². The molecule has 0 spiro atoms. The molecule has 2 rings (SSSR count). The molecule has 0 saturated carbocycles. The third-order valence-corrected chi connectivity index (χ3v) is 5.65. The maximum absolute atomic E-state index is 13.0. The van der Waals surface area contributed by atoms with Crippen LogP contribution in [0, 0.1) is 6.92 Å². The number of rotatable bonds is 9. The first-order valence-corrected chi connectivity index (χ1v) is 10.7. The van der Waals surface area contributed by atoms with E-state index in [9.17, 15) is 9.59 Å². The van der Waals surface area contributed by atoms with Crippen LogP contribution in [0.3, 0.4) is 0 Å². The van der Waals surface area contributed by atoms with E-state index in [1.54, 1.807) is 37.3 Å². The van der Waals surface area contributed by atoms with Gasteiger partial charge in [0.15, 0.2) is 6.61 Å². The third kappa shape index (κ3) is 6.64. The molecule has 30 heavy (non-hydrogen) atoms. The van der Waals surface area contributed by atoms with E-state index in [4.69, 9.17) is 27.9 Å². The summed E-state index contributed by atoms with van der Waals surface area (Å²) in [5, 5.41) is 3.80. The van der Waals surface area contributed by atoms with Crippen LogP contribution >= 0.6 is 23.2 Å². The zero-order valence-corrected chi connectivity index (χ0v) is 19.3. The molecule has 0 heterocycles. The predicted molar refractivity (Wildman–Crippen MR) is 121 cm³/mol. The third-order valence-electron chi connectivity index (χ3n) is 4.94. The first-order chi connectivity index (χ1) is 14.2. The second-order valence-electron chi connectivity index (χ2n) is 7.32. The van der Waals surface area contributed by atoms with Gasteiger partial charge in [0.25, 0.3) is 5.91 Å². The summed E-state index contributed by atoms with van der Waals surface area (Å²) in [6.07, 6.45) is 0.791. The van der Waals surface area contributed by atoms with E-state index >= 15 is 0 Å². The fourth-order valence-corrected chi connectivity index (χ4v) is 3.28. The fraction of sp³-hybridized carbons (Fsp3) is 0.391. The van der Waals surface area contributed by atoms with Crippen molar-refractivity contribution in [1.82, 2.24) is 10.2 Å². The number of nitrogens with zero attached hydrogens (tertiary/aromatic N) is 1. The molecule has 0 aliphatic rings. The van der Waals surface area contributed by atoms with Gasteiger partial charge < -0.3 is 15.0 Å². The summed E-state index contributed by atoms with van der Waals surface area (Å²) in [7, 11) is 0. The number of aryl methyl sites for hydroxylation is 1. The van der Waals surface area contributed by atoms with Gasteiger partial charge in [0, 0.05) is 28.2 Å². The minimum atomic E-state index is -0.722. The topological polar surface area (TPSA) is 58.6 Å². The van der Waals surface area contributed by atoms with Crippen molar-refractivity contribution in [1.29, 1.82) is 0 Å². The van der Waals surface area contributed by atoms with E-state index in [2.05, 4.69) is 5.32 Å². The Labute approximate surface area is 188 Å². The highest BCUT2D eigenvalue weighted by molar-refractivity contribution is 6.36. The standard InChI is InChI=1S/C23H28Cl2N2O3/c1-5-16(3)26-23(29)17(4)27(13-19-20(24)7-6-8-21(19)25)22(28)14-30-18-11-9-15(2)10-12-18/h6-12,16-17H,5,13-14H2,1-4H3,(H,26,29)/t16-,17+/m0/s1. The number of carbonyl (C=O) groups excluding carboxylic acids is 2. The Morgan fingerprint density at radius 1 is 1.07 bits per heavy atom. The van der Waals surface area contributed by atoms with Gasteiger partial charge in [0.05, 0.1) is 0 Å². The van der Waals surface area contributed by atoms with Gasteiger partial charge in [0.2, 0.25) is 5.91 Å². The molecule has 7 heteroatoms. The fourth-order valence-electron chi connectivity index (χ4n) is 2.76. The summed E-state index contributed by atoms with van der Waals surface area (Å²) in [6.45, 7) is 7.46. The number of nitrogens with one attached hydrogen (secondary N) is 1. The van der Waals surface area contributed by atoms with Crippen molar-refractivity contribution < 1.29 is 14.3 Å². The van der Waals surface area contributed by atoms with Gasteiger partial charge >= 0.3 is 0 Å². The molecule has 0 aromatic heterocycles. The van der Waals surface area contributed by atoms with Crippen LogP contribution in [0.1, 0.15) is 38.3 Å². The molecule has 162 valence electrons. The zero-order chi connectivity index (χ0) is 22.3. The lowest BCUT2D eigenvalue weighted by Crippen LogP contribution is -2.50. The van der Waals surface area contributed by atoms with E-state index < -0.39 is 6.04 Å². The molecule has 2 amide bonds. The molecule has 5 nitrogen and oxygen atoms in total. The molecular weight excluding hydrogens is 423 g/mol. The van der Waals surface area contributed by atoms with E-state index in [0.717, 1.165) is 12.0 Å². The van der Waals surface area contributed by atoms with Crippen LogP contribution in [-0.2, 0) is 16.1 Å². The molecule has 0 aliphatic carbocycles. The van der Waals surface area contributed by atoms with Crippen LogP contribution < -0.4 is 10.1 Å². The molecule has 0 fully saturated rings. The van der Waals surface area contributed by atoms with Crippen LogP contribution in [0.4, 0.5) is 0 Å². The van der Waals surface area contributed by atoms with Gasteiger partial charge in [-0.05, 0) is 51.5 Å². The highest BCUT2D eigenvalue weighted by Gasteiger charge is 2.28. The molecule has 0 aliphatic heterocycles. The molecule has 1 N–H and O–H groups in total. The molecule has 2 aromatic carbocycles. The molecular formula is C23H28Cl2N2O3. The summed E-state index contributed by atoms with van der Waals surface area (Å²) >= 11 is 12.6. The van der Waals surface area contributed by atoms with E-state index in [-0.39, 0.29) is 31.0 Å². The van der Waals surface area contributed by atoms with Crippen molar-refractivity contribution in [2.45, 2.75) is 52.7 Å². The monoisotopic (exact) mass is 450 g/mol. The number of benzene rings is 2. The van der Waals surface area contributed by atoms with Crippen LogP contribution in [0.5, 0.6) is 5.75 Å². The Morgan fingerprint density at radius 2 is 1.67 bits per heavy atom. The quantitative estimate of drug-likeness (QED) is 0.583. The van der Waals surface area contributed by atoms with Gasteiger partial charge in [0.1, 0.15) is 11.8 Å². The maximum Gasteiger partial charge on any atom is 0.261 e. The van der Waals surface area contributed by atoms with Gasteiger partial charge in [-0.2, -0.15) is 0 Å². The number of carbonyl (C=O) groups is 2. The van der Waals surface area contributed by atoms with Gasteiger partial charge in [-0.1, -0.05) is 53.9 Å². The Bertz CT molecular complexity index is 851. The SMILES string of the molecule is CC[C@H](C)NC(=O)[C@@H](C)N(Cc1c(Cl)cccc1Cl)C(=O)COc1ccc(C)cc1. The lowest BCUT2D eigenvalue weighted by Gasteiger charge is -2.30. The summed E-state index contributed by atoms with van der Waals surface area (Å²) in [5.74, 6) is 0.0101. The van der Waals surface area contributed by atoms with Crippen molar-refractivity contribution >= 4 is 35.0 Å². The highest BCUT2D eigenvalue weighted by atomic mass is 35.5. The number of ether oxygens (including phenoxy) is 1. The first-order valence-electron chi connectivity index (χ1n) is 9.95. The van der Waals surface area contributed by atoms with Crippen molar-refractivity contribution in [2.75, 3.05) is 6.61 Å². The minimum Gasteiger partial charge on any atom is -0.484 e.